The number of hydrogen-bond acceptors (Lipinski definition) is 3. The molecule has 0 aliphatic heterocycles. The molecular formula is C11H12F4N2O. The van der Waals surface area contributed by atoms with Crippen LogP contribution >= 0.6 is 0 Å². The second-order valence-electron chi connectivity index (χ2n) is 4.32. The number of aliphatic hydroxyl groups excluding tert-OH is 1. The first-order chi connectivity index (χ1) is 8.54. The van der Waals surface area contributed by atoms with Crippen LogP contribution in [-0.2, 0) is 0 Å². The van der Waals surface area contributed by atoms with Crippen LogP contribution in [0.3, 0.4) is 0 Å². The number of pyridine rings is 1. The molecule has 1 aromatic heterocycles. The van der Waals surface area contributed by atoms with Crippen molar-refractivity contribution < 1.29 is 22.7 Å². The zero-order valence-corrected chi connectivity index (χ0v) is 9.39. The van der Waals surface area contributed by atoms with Crippen molar-refractivity contribution in [2.75, 3.05) is 11.9 Å². The Bertz CT molecular complexity index is 429. The topological polar surface area (TPSA) is 45.1 Å². The van der Waals surface area contributed by atoms with Gasteiger partial charge in [-0.3, -0.25) is 0 Å². The molecule has 18 heavy (non-hydrogen) atoms. The molecule has 1 aromatic rings. The Kier molecular flexibility index (Phi) is 3.70. The van der Waals surface area contributed by atoms with Gasteiger partial charge in [-0.05, 0) is 12.8 Å². The number of halogens is 4. The van der Waals surface area contributed by atoms with Gasteiger partial charge in [-0.2, -0.15) is 22.5 Å². The van der Waals surface area contributed by atoms with Gasteiger partial charge in [-0.1, -0.05) is 6.42 Å². The molecule has 1 fully saturated rings. The fourth-order valence-corrected chi connectivity index (χ4v) is 2.24. The van der Waals surface area contributed by atoms with Crippen LogP contribution in [0.1, 0.15) is 19.3 Å². The molecule has 1 saturated carbocycles. The Morgan fingerprint density at radius 2 is 1.72 bits per heavy atom. The number of nitrogens with one attached hydrogen (secondary N) is 1. The van der Waals surface area contributed by atoms with Crippen LogP contribution in [0.2, 0.25) is 0 Å². The molecular weight excluding hydrogens is 252 g/mol. The van der Waals surface area contributed by atoms with Gasteiger partial charge in [0.1, 0.15) is 5.69 Å². The maximum Gasteiger partial charge on any atom is 0.253 e. The normalized spacial score (nSPS) is 23.4. The second-order valence-corrected chi connectivity index (χ2v) is 4.32. The van der Waals surface area contributed by atoms with Crippen molar-refractivity contribution in [3.05, 3.63) is 23.5 Å². The summed E-state index contributed by atoms with van der Waals surface area (Å²) >= 11 is 0. The minimum Gasteiger partial charge on any atom is -0.396 e. The smallest absolute Gasteiger partial charge is 0.253 e. The van der Waals surface area contributed by atoms with E-state index in [1.54, 1.807) is 0 Å². The molecule has 0 bridgehead atoms. The number of aromatic nitrogens is 1. The van der Waals surface area contributed by atoms with E-state index in [1.165, 1.54) is 0 Å². The summed E-state index contributed by atoms with van der Waals surface area (Å²) in [6.45, 7) is -0.142. The average Bonchev–Trinajstić information content (AvgIpc) is 2.79. The lowest BCUT2D eigenvalue weighted by atomic mass is 10.0. The summed E-state index contributed by atoms with van der Waals surface area (Å²) in [4.78, 5) is 2.47. The molecule has 0 amide bonds. The van der Waals surface area contributed by atoms with E-state index in [0.717, 1.165) is 6.42 Å². The highest BCUT2D eigenvalue weighted by atomic mass is 19.2. The van der Waals surface area contributed by atoms with Gasteiger partial charge in [0.25, 0.3) is 11.9 Å². The monoisotopic (exact) mass is 264 g/mol. The lowest BCUT2D eigenvalue weighted by Crippen LogP contribution is -2.28. The Morgan fingerprint density at radius 3 is 2.28 bits per heavy atom. The molecule has 0 saturated heterocycles. The SMILES string of the molecule is OCC1CCCC1Nc1c(F)c(F)nc(F)c1F. The average molecular weight is 264 g/mol. The van der Waals surface area contributed by atoms with Crippen LogP contribution in [0.15, 0.2) is 0 Å². The van der Waals surface area contributed by atoms with Crippen molar-refractivity contribution >= 4 is 5.69 Å². The standard InChI is InChI=1S/C11H12F4N2O/c12-7-9(8(13)11(15)17-10(7)14)16-6-3-1-2-5(6)4-18/h5-6,18H,1-4H2,(H,16,17). The molecule has 1 aliphatic rings. The van der Waals surface area contributed by atoms with E-state index < -0.39 is 35.3 Å². The Hall–Kier alpha value is -1.37. The highest BCUT2D eigenvalue weighted by Crippen LogP contribution is 2.31. The fourth-order valence-electron chi connectivity index (χ4n) is 2.24. The third kappa shape index (κ3) is 2.27. The number of nitrogens with zero attached hydrogens (tertiary/aromatic N) is 1. The largest absolute Gasteiger partial charge is 0.396 e. The van der Waals surface area contributed by atoms with E-state index in [-0.39, 0.29) is 12.5 Å². The fraction of sp³-hybridized carbons (Fsp3) is 0.545. The molecule has 1 heterocycles. The third-order valence-electron chi connectivity index (χ3n) is 3.22. The van der Waals surface area contributed by atoms with Crippen LogP contribution in [0.5, 0.6) is 0 Å². The van der Waals surface area contributed by atoms with Crippen molar-refractivity contribution in [1.82, 2.24) is 4.98 Å². The zero-order valence-electron chi connectivity index (χ0n) is 9.39. The Balaban J connectivity index is 2.28. The van der Waals surface area contributed by atoms with Gasteiger partial charge in [-0.15, -0.1) is 0 Å². The number of rotatable bonds is 3. The molecule has 0 aromatic carbocycles. The summed E-state index contributed by atoms with van der Waals surface area (Å²) < 4.78 is 52.5. The van der Waals surface area contributed by atoms with Crippen molar-refractivity contribution in [1.29, 1.82) is 0 Å². The maximum atomic E-state index is 13.4. The maximum absolute atomic E-state index is 13.4. The van der Waals surface area contributed by atoms with Gasteiger partial charge in [0.15, 0.2) is 0 Å². The highest BCUT2D eigenvalue weighted by Gasteiger charge is 2.30. The summed E-state index contributed by atoms with van der Waals surface area (Å²) in [5.74, 6) is -6.64. The van der Waals surface area contributed by atoms with E-state index in [9.17, 15) is 17.6 Å². The summed E-state index contributed by atoms with van der Waals surface area (Å²) in [5.41, 5.74) is -0.856. The predicted molar refractivity (Wildman–Crippen MR) is 55.9 cm³/mol. The van der Waals surface area contributed by atoms with Crippen molar-refractivity contribution in [3.8, 4) is 0 Å². The molecule has 100 valence electrons. The molecule has 2 atom stereocenters. The van der Waals surface area contributed by atoms with Gasteiger partial charge in [0, 0.05) is 18.6 Å². The lowest BCUT2D eigenvalue weighted by molar-refractivity contribution is 0.222. The molecule has 1 aliphatic carbocycles. The zero-order chi connectivity index (χ0) is 13.3. The van der Waals surface area contributed by atoms with Gasteiger partial charge < -0.3 is 10.4 Å². The van der Waals surface area contributed by atoms with Gasteiger partial charge in [-0.25, -0.2) is 0 Å². The van der Waals surface area contributed by atoms with Gasteiger partial charge >= 0.3 is 0 Å². The van der Waals surface area contributed by atoms with Crippen molar-refractivity contribution in [3.63, 3.8) is 0 Å². The first-order valence-electron chi connectivity index (χ1n) is 5.62. The predicted octanol–water partition coefficient (Wildman–Crippen LogP) is 2.21. The van der Waals surface area contributed by atoms with E-state index in [4.69, 9.17) is 5.11 Å². The first kappa shape index (κ1) is 13.1. The number of aliphatic hydroxyl groups is 1. The molecule has 0 radical (unpaired) electrons. The third-order valence-corrected chi connectivity index (χ3v) is 3.22. The second kappa shape index (κ2) is 5.09. The molecule has 0 spiro atoms. The summed E-state index contributed by atoms with van der Waals surface area (Å²) in [6.07, 6.45) is 2.06. The summed E-state index contributed by atoms with van der Waals surface area (Å²) in [5, 5.41) is 11.5. The molecule has 2 rings (SSSR count). The minimum atomic E-state index is -1.69. The molecule has 2 N–H and O–H groups in total. The summed E-state index contributed by atoms with van der Waals surface area (Å²) in [6, 6.07) is -0.403. The van der Waals surface area contributed by atoms with Crippen LogP contribution in [0.4, 0.5) is 23.2 Å². The summed E-state index contributed by atoms with van der Waals surface area (Å²) in [7, 11) is 0. The van der Waals surface area contributed by atoms with E-state index in [1.807, 2.05) is 0 Å². The van der Waals surface area contributed by atoms with E-state index in [2.05, 4.69) is 10.3 Å². The van der Waals surface area contributed by atoms with Crippen molar-refractivity contribution in [2.45, 2.75) is 25.3 Å². The number of hydrogen-bond donors (Lipinski definition) is 2. The van der Waals surface area contributed by atoms with Crippen LogP contribution in [0, 0.1) is 29.4 Å². The van der Waals surface area contributed by atoms with Crippen LogP contribution < -0.4 is 5.32 Å². The molecule has 3 nitrogen and oxygen atoms in total. The van der Waals surface area contributed by atoms with E-state index in [0.29, 0.717) is 12.8 Å². The van der Waals surface area contributed by atoms with Gasteiger partial charge in [0.2, 0.25) is 11.6 Å². The minimum absolute atomic E-state index is 0.142. The molecule has 7 heteroatoms. The first-order valence-corrected chi connectivity index (χ1v) is 5.62. The van der Waals surface area contributed by atoms with Crippen LogP contribution in [0.25, 0.3) is 0 Å². The highest BCUT2D eigenvalue weighted by molar-refractivity contribution is 5.46. The lowest BCUT2D eigenvalue weighted by Gasteiger charge is -2.20. The molecule has 2 unspecified atom stereocenters. The van der Waals surface area contributed by atoms with Gasteiger partial charge in [0.05, 0.1) is 0 Å². The number of anilines is 1. The Labute approximate surface area is 101 Å². The van der Waals surface area contributed by atoms with E-state index >= 15 is 0 Å². The van der Waals surface area contributed by atoms with Crippen molar-refractivity contribution in [2.24, 2.45) is 5.92 Å². The Morgan fingerprint density at radius 1 is 1.11 bits per heavy atom. The quantitative estimate of drug-likeness (QED) is 0.650. The van der Waals surface area contributed by atoms with Crippen LogP contribution in [-0.4, -0.2) is 22.7 Å².